The second-order valence-electron chi connectivity index (χ2n) is 3.56. The highest BCUT2D eigenvalue weighted by Gasteiger charge is 2.15. The van der Waals surface area contributed by atoms with Gasteiger partial charge in [0.2, 0.25) is 0 Å². The molecular formula is C13H20O5. The predicted molar refractivity (Wildman–Crippen MR) is 67.0 cm³/mol. The van der Waals surface area contributed by atoms with Gasteiger partial charge in [0.15, 0.2) is 0 Å². The first-order valence-electron chi connectivity index (χ1n) is 5.88. The van der Waals surface area contributed by atoms with E-state index in [1.54, 1.807) is 13.0 Å². The highest BCUT2D eigenvalue weighted by Crippen LogP contribution is 2.11. The third kappa shape index (κ3) is 6.73. The molecule has 0 aliphatic carbocycles. The van der Waals surface area contributed by atoms with E-state index in [1.807, 2.05) is 6.92 Å². The van der Waals surface area contributed by atoms with E-state index in [-0.39, 0.29) is 18.6 Å². The first-order valence-corrected chi connectivity index (χ1v) is 5.88. The van der Waals surface area contributed by atoms with Gasteiger partial charge in [0.1, 0.15) is 5.76 Å². The quantitative estimate of drug-likeness (QED) is 0.312. The maximum absolute atomic E-state index is 11.6. The fourth-order valence-electron chi connectivity index (χ4n) is 1.23. The van der Waals surface area contributed by atoms with E-state index >= 15 is 0 Å². The Bertz CT molecular complexity index is 341. The van der Waals surface area contributed by atoms with Crippen molar-refractivity contribution in [3.05, 3.63) is 23.5 Å². The van der Waals surface area contributed by atoms with Crippen LogP contribution in [0.1, 0.15) is 33.1 Å². The van der Waals surface area contributed by atoms with Crippen molar-refractivity contribution in [2.45, 2.75) is 33.1 Å². The molecule has 0 amide bonds. The summed E-state index contributed by atoms with van der Waals surface area (Å²) < 4.78 is 9.88. The molecule has 0 fully saturated rings. The van der Waals surface area contributed by atoms with Crippen molar-refractivity contribution >= 4 is 11.9 Å². The highest BCUT2D eigenvalue weighted by atomic mass is 16.5. The van der Waals surface area contributed by atoms with Gasteiger partial charge < -0.3 is 14.6 Å². The van der Waals surface area contributed by atoms with Gasteiger partial charge in [-0.3, -0.25) is 4.79 Å². The normalized spacial score (nSPS) is 12.2. The predicted octanol–water partition coefficient (Wildman–Crippen LogP) is 2.28. The van der Waals surface area contributed by atoms with Gasteiger partial charge in [0, 0.05) is 0 Å². The van der Waals surface area contributed by atoms with Crippen molar-refractivity contribution in [3.8, 4) is 0 Å². The average Bonchev–Trinajstić information content (AvgIpc) is 2.32. The lowest BCUT2D eigenvalue weighted by atomic mass is 10.1. The van der Waals surface area contributed by atoms with Crippen LogP contribution in [0.3, 0.4) is 0 Å². The third-order valence-electron chi connectivity index (χ3n) is 2.07. The minimum atomic E-state index is -1.08. The minimum Gasteiger partial charge on any atom is -0.497 e. The SMILES string of the molecule is CCC/C=C(/C=C(\CC(=O)O)C(=O)OCC)OC. The van der Waals surface area contributed by atoms with Gasteiger partial charge in [-0.15, -0.1) is 0 Å². The molecule has 0 aromatic rings. The molecule has 5 nitrogen and oxygen atoms in total. The van der Waals surface area contributed by atoms with Crippen molar-refractivity contribution in [1.29, 1.82) is 0 Å². The summed E-state index contributed by atoms with van der Waals surface area (Å²) in [5.41, 5.74) is 0.0774. The smallest absolute Gasteiger partial charge is 0.334 e. The second-order valence-corrected chi connectivity index (χ2v) is 3.56. The number of hydrogen-bond donors (Lipinski definition) is 1. The van der Waals surface area contributed by atoms with Crippen LogP contribution in [0.15, 0.2) is 23.5 Å². The first-order chi connectivity index (χ1) is 8.54. The molecule has 18 heavy (non-hydrogen) atoms. The van der Waals surface area contributed by atoms with Crippen LogP contribution in [0.2, 0.25) is 0 Å². The molecule has 102 valence electrons. The second kappa shape index (κ2) is 9.27. The lowest BCUT2D eigenvalue weighted by Crippen LogP contribution is -2.12. The summed E-state index contributed by atoms with van der Waals surface area (Å²) in [5, 5.41) is 8.75. The molecule has 0 atom stereocenters. The van der Waals surface area contributed by atoms with Gasteiger partial charge in [-0.2, -0.15) is 0 Å². The Hall–Kier alpha value is -1.78. The number of carbonyl (C=O) groups excluding carboxylic acids is 1. The van der Waals surface area contributed by atoms with Crippen molar-refractivity contribution in [1.82, 2.24) is 0 Å². The zero-order valence-electron chi connectivity index (χ0n) is 11.1. The van der Waals surface area contributed by atoms with E-state index < -0.39 is 11.9 Å². The topological polar surface area (TPSA) is 72.8 Å². The highest BCUT2D eigenvalue weighted by molar-refractivity contribution is 5.93. The van der Waals surface area contributed by atoms with E-state index in [0.29, 0.717) is 5.76 Å². The molecule has 1 N–H and O–H groups in total. The zero-order chi connectivity index (χ0) is 14.0. The standard InChI is InChI=1S/C13H20O5/c1-4-6-7-11(17-3)8-10(9-12(14)15)13(16)18-5-2/h7-8H,4-6,9H2,1-3H3,(H,14,15)/b10-8+,11-7-. The van der Waals surface area contributed by atoms with E-state index in [9.17, 15) is 9.59 Å². The molecule has 0 heterocycles. The summed E-state index contributed by atoms with van der Waals surface area (Å²) in [7, 11) is 1.47. The largest absolute Gasteiger partial charge is 0.497 e. The fourth-order valence-corrected chi connectivity index (χ4v) is 1.23. The summed E-state index contributed by atoms with van der Waals surface area (Å²) in [6.07, 6.45) is 4.58. The summed E-state index contributed by atoms with van der Waals surface area (Å²) in [4.78, 5) is 22.3. The van der Waals surface area contributed by atoms with Gasteiger partial charge >= 0.3 is 11.9 Å². The summed E-state index contributed by atoms with van der Waals surface area (Å²) in [6.45, 7) is 3.88. The summed E-state index contributed by atoms with van der Waals surface area (Å²) >= 11 is 0. The number of rotatable bonds is 8. The van der Waals surface area contributed by atoms with Crippen LogP contribution in [0.4, 0.5) is 0 Å². The Morgan fingerprint density at radius 2 is 1.94 bits per heavy atom. The molecule has 0 aliphatic rings. The van der Waals surface area contributed by atoms with E-state index in [1.165, 1.54) is 13.2 Å². The molecule has 0 saturated heterocycles. The molecule has 5 heteroatoms. The van der Waals surface area contributed by atoms with Crippen molar-refractivity contribution in [2.75, 3.05) is 13.7 Å². The monoisotopic (exact) mass is 256 g/mol. The summed E-state index contributed by atoms with van der Waals surface area (Å²) in [5.74, 6) is -1.24. The molecule has 0 bridgehead atoms. The molecule has 0 aromatic heterocycles. The van der Waals surface area contributed by atoms with E-state index in [2.05, 4.69) is 0 Å². The number of hydrogen-bond acceptors (Lipinski definition) is 4. The van der Waals surface area contributed by atoms with Crippen molar-refractivity contribution in [2.24, 2.45) is 0 Å². The van der Waals surface area contributed by atoms with Gasteiger partial charge in [-0.05, 0) is 25.5 Å². The van der Waals surface area contributed by atoms with E-state index in [4.69, 9.17) is 14.6 Å². The van der Waals surface area contributed by atoms with Crippen LogP contribution in [0, 0.1) is 0 Å². The molecule has 0 aromatic carbocycles. The Labute approximate surface area is 107 Å². The van der Waals surface area contributed by atoms with Gasteiger partial charge in [-0.1, -0.05) is 13.3 Å². The molecule has 0 aliphatic heterocycles. The number of methoxy groups -OCH3 is 1. The van der Waals surface area contributed by atoms with Crippen molar-refractivity contribution < 1.29 is 24.2 Å². The molecule has 0 radical (unpaired) electrons. The van der Waals surface area contributed by atoms with Gasteiger partial charge in [0.25, 0.3) is 0 Å². The van der Waals surface area contributed by atoms with Gasteiger partial charge in [0.05, 0.1) is 25.7 Å². The minimum absolute atomic E-state index is 0.0774. The maximum Gasteiger partial charge on any atom is 0.334 e. The maximum atomic E-state index is 11.6. The van der Waals surface area contributed by atoms with Crippen LogP contribution in [0.25, 0.3) is 0 Å². The molecule has 0 spiro atoms. The molecular weight excluding hydrogens is 236 g/mol. The number of aliphatic carboxylic acids is 1. The number of unbranched alkanes of at least 4 members (excludes halogenated alkanes) is 1. The molecule has 0 unspecified atom stereocenters. The Balaban J connectivity index is 5.01. The average molecular weight is 256 g/mol. The van der Waals surface area contributed by atoms with E-state index in [0.717, 1.165) is 12.8 Å². The molecule has 0 rings (SSSR count). The Morgan fingerprint density at radius 3 is 2.39 bits per heavy atom. The molecule has 0 saturated carbocycles. The number of carbonyl (C=O) groups is 2. The van der Waals surface area contributed by atoms with Crippen LogP contribution in [-0.4, -0.2) is 30.8 Å². The number of allylic oxidation sites excluding steroid dienone is 2. The van der Waals surface area contributed by atoms with Crippen molar-refractivity contribution in [3.63, 3.8) is 0 Å². The van der Waals surface area contributed by atoms with Crippen LogP contribution >= 0.6 is 0 Å². The number of esters is 1. The Morgan fingerprint density at radius 1 is 1.28 bits per heavy atom. The van der Waals surface area contributed by atoms with Gasteiger partial charge in [-0.25, -0.2) is 4.79 Å². The number of carboxylic acids is 1. The number of ether oxygens (including phenoxy) is 2. The van der Waals surface area contributed by atoms with Crippen LogP contribution < -0.4 is 0 Å². The summed E-state index contributed by atoms with van der Waals surface area (Å²) in [6, 6.07) is 0. The first kappa shape index (κ1) is 16.2. The van der Waals surface area contributed by atoms with Crippen LogP contribution in [-0.2, 0) is 19.1 Å². The Kier molecular flexibility index (Phi) is 8.35. The lowest BCUT2D eigenvalue weighted by molar-refractivity contribution is -0.142. The van der Waals surface area contributed by atoms with Crippen LogP contribution in [0.5, 0.6) is 0 Å². The third-order valence-corrected chi connectivity index (χ3v) is 2.07. The zero-order valence-corrected chi connectivity index (χ0v) is 11.1. The fraction of sp³-hybridized carbons (Fsp3) is 0.538. The lowest BCUT2D eigenvalue weighted by Gasteiger charge is -2.06. The number of carboxylic acid groups (broad SMARTS) is 1.